The van der Waals surface area contributed by atoms with Crippen molar-refractivity contribution in [3.8, 4) is 6.07 Å². The lowest BCUT2D eigenvalue weighted by atomic mass is 9.91. The monoisotopic (exact) mass is 565 g/mol. The highest BCUT2D eigenvalue weighted by atomic mass is 19.1. The average Bonchev–Trinajstić information content (AvgIpc) is 3.00. The van der Waals surface area contributed by atoms with E-state index in [1.54, 1.807) is 30.3 Å². The predicted octanol–water partition coefficient (Wildman–Crippen LogP) is 6.17. The molecule has 2 aliphatic rings. The van der Waals surface area contributed by atoms with E-state index in [1.165, 1.54) is 24.3 Å². The second-order valence-electron chi connectivity index (χ2n) is 10.4. The maximum absolute atomic E-state index is 14.0. The molecule has 42 heavy (non-hydrogen) atoms. The average molecular weight is 566 g/mol. The molecule has 2 aromatic carbocycles. The fourth-order valence-electron chi connectivity index (χ4n) is 5.81. The highest BCUT2D eigenvalue weighted by Gasteiger charge is 2.38. The molecule has 2 aliphatic heterocycles. The van der Waals surface area contributed by atoms with Crippen LogP contribution in [-0.4, -0.2) is 59.9 Å². The number of anilines is 1. The summed E-state index contributed by atoms with van der Waals surface area (Å²) in [4.78, 5) is 11.2. The first kappa shape index (κ1) is 28.8. The number of nitriles is 1. The van der Waals surface area contributed by atoms with Gasteiger partial charge in [-0.25, -0.2) is 13.8 Å². The molecule has 0 saturated carbocycles. The highest BCUT2D eigenvalue weighted by Crippen LogP contribution is 2.39. The Labute approximate surface area is 245 Å². The van der Waals surface area contributed by atoms with Crippen LogP contribution in [0.15, 0.2) is 89.2 Å². The number of hydrogen-bond acceptors (Lipinski definition) is 7. The first-order valence-electron chi connectivity index (χ1n) is 13.9. The van der Waals surface area contributed by atoms with E-state index in [1.807, 2.05) is 24.1 Å². The van der Waals surface area contributed by atoms with Crippen LogP contribution in [0.1, 0.15) is 48.3 Å². The maximum Gasteiger partial charge on any atom is 0.141 e. The summed E-state index contributed by atoms with van der Waals surface area (Å²) in [6.45, 7) is 11.8. The number of pyridine rings is 1. The number of rotatable bonds is 8. The fourth-order valence-corrected chi connectivity index (χ4v) is 5.81. The first-order valence-corrected chi connectivity index (χ1v) is 13.9. The van der Waals surface area contributed by atoms with Crippen LogP contribution in [-0.2, 0) is 0 Å². The Morgan fingerprint density at radius 1 is 1.05 bits per heavy atom. The lowest BCUT2D eigenvalue weighted by Gasteiger charge is -2.47. The second-order valence-corrected chi connectivity index (χ2v) is 10.4. The van der Waals surface area contributed by atoms with E-state index in [2.05, 4.69) is 51.3 Å². The number of hydrogen-bond donors (Lipinski definition) is 0. The largest absolute Gasteiger partial charge is 0.366 e. The number of piperazine rings is 1. The lowest BCUT2D eigenvalue weighted by molar-refractivity contribution is 0.113. The van der Waals surface area contributed by atoms with Crippen molar-refractivity contribution in [1.29, 1.82) is 5.26 Å². The first-order chi connectivity index (χ1) is 20.3. The molecule has 1 saturated heterocycles. The molecule has 0 N–H and O–H groups in total. The van der Waals surface area contributed by atoms with E-state index in [-0.39, 0.29) is 23.7 Å². The number of allylic oxidation sites excluding steroid dienone is 1. The number of nitrogens with zero attached hydrogens (tertiary/aromatic N) is 7. The van der Waals surface area contributed by atoms with Gasteiger partial charge in [-0.2, -0.15) is 15.5 Å². The minimum Gasteiger partial charge on any atom is -0.366 e. The Bertz CT molecular complexity index is 1530. The van der Waals surface area contributed by atoms with Gasteiger partial charge >= 0.3 is 0 Å². The summed E-state index contributed by atoms with van der Waals surface area (Å²) in [7, 11) is 1.93. The van der Waals surface area contributed by atoms with Gasteiger partial charge in [-0.05, 0) is 60.0 Å². The molecule has 1 fully saturated rings. The summed E-state index contributed by atoms with van der Waals surface area (Å²) in [6.07, 6.45) is 3.56. The predicted molar refractivity (Wildman–Crippen MR) is 163 cm³/mol. The fraction of sp³-hybridized carbons (Fsp3) is 0.273. The van der Waals surface area contributed by atoms with Crippen LogP contribution in [0.2, 0.25) is 0 Å². The standard InChI is InChI=1S/C33H33F2N7/c1-5-6-28(39-37-3)31-21-41(30-19-22(2)40(4)29-16-15-27(20-36)38-32(29)30)17-18-42(31)33(23-7-11-25(34)12-8-23)24-9-13-26(35)14-10-24/h7-16,19,31,33H,2-3,5-6,17-18,21H2,1,4H3/b39-28+. The minimum atomic E-state index is -0.320. The van der Waals surface area contributed by atoms with Crippen LogP contribution in [0.3, 0.4) is 0 Å². The van der Waals surface area contributed by atoms with E-state index in [0.29, 0.717) is 31.7 Å². The van der Waals surface area contributed by atoms with Crippen molar-refractivity contribution in [2.75, 3.05) is 31.6 Å². The van der Waals surface area contributed by atoms with Crippen LogP contribution in [0, 0.1) is 23.0 Å². The molecule has 214 valence electrons. The number of aromatic nitrogens is 1. The normalized spacial score (nSPS) is 17.6. The summed E-state index contributed by atoms with van der Waals surface area (Å²) in [5.74, 6) is -0.640. The molecule has 0 radical (unpaired) electrons. The zero-order valence-electron chi connectivity index (χ0n) is 23.8. The summed E-state index contributed by atoms with van der Waals surface area (Å²) >= 11 is 0. The molecule has 9 heteroatoms. The Morgan fingerprint density at radius 2 is 1.69 bits per heavy atom. The molecule has 3 heterocycles. The van der Waals surface area contributed by atoms with Gasteiger partial charge in [-0.15, -0.1) is 0 Å². The number of likely N-dealkylation sites (N-methyl/N-ethyl adjacent to an activating group) is 1. The van der Waals surface area contributed by atoms with Crippen molar-refractivity contribution in [1.82, 2.24) is 14.8 Å². The third-order valence-corrected chi connectivity index (χ3v) is 7.88. The van der Waals surface area contributed by atoms with Crippen molar-refractivity contribution in [2.45, 2.75) is 31.8 Å². The van der Waals surface area contributed by atoms with E-state index in [4.69, 9.17) is 0 Å². The third kappa shape index (κ3) is 5.71. The van der Waals surface area contributed by atoms with Gasteiger partial charge in [-0.3, -0.25) is 4.90 Å². The van der Waals surface area contributed by atoms with Gasteiger partial charge in [0.15, 0.2) is 0 Å². The molecular formula is C33H33F2N7. The number of halogens is 2. The summed E-state index contributed by atoms with van der Waals surface area (Å²) < 4.78 is 28.0. The topological polar surface area (TPSA) is 71.1 Å². The van der Waals surface area contributed by atoms with Gasteiger partial charge in [0.25, 0.3) is 0 Å². The van der Waals surface area contributed by atoms with Gasteiger partial charge < -0.3 is 9.80 Å². The van der Waals surface area contributed by atoms with E-state index >= 15 is 0 Å². The van der Waals surface area contributed by atoms with E-state index in [0.717, 1.165) is 46.0 Å². The van der Waals surface area contributed by atoms with Gasteiger partial charge in [0, 0.05) is 39.1 Å². The van der Waals surface area contributed by atoms with Gasteiger partial charge in [0.05, 0.1) is 29.2 Å². The van der Waals surface area contributed by atoms with Crippen molar-refractivity contribution in [3.05, 3.63) is 113 Å². The zero-order valence-corrected chi connectivity index (χ0v) is 23.8. The van der Waals surface area contributed by atoms with Crippen molar-refractivity contribution < 1.29 is 8.78 Å². The Morgan fingerprint density at radius 3 is 2.26 bits per heavy atom. The van der Waals surface area contributed by atoms with Gasteiger partial charge in [-0.1, -0.05) is 44.2 Å². The highest BCUT2D eigenvalue weighted by molar-refractivity contribution is 5.90. The van der Waals surface area contributed by atoms with Gasteiger partial charge in [0.1, 0.15) is 29.1 Å². The molecule has 1 unspecified atom stereocenters. The quantitative estimate of drug-likeness (QED) is 0.241. The third-order valence-electron chi connectivity index (χ3n) is 7.88. The van der Waals surface area contributed by atoms with Crippen LogP contribution in [0.25, 0.3) is 5.70 Å². The molecular weight excluding hydrogens is 532 g/mol. The molecule has 3 aromatic rings. The van der Waals surface area contributed by atoms with E-state index < -0.39 is 0 Å². The molecule has 0 spiro atoms. The lowest BCUT2D eigenvalue weighted by Crippen LogP contribution is -2.57. The molecule has 0 bridgehead atoms. The van der Waals surface area contributed by atoms with Crippen LogP contribution in [0.5, 0.6) is 0 Å². The summed E-state index contributed by atoms with van der Waals surface area (Å²) in [6, 6.07) is 18.2. The minimum absolute atomic E-state index is 0.208. The Hall–Kier alpha value is -4.68. The van der Waals surface area contributed by atoms with E-state index in [9.17, 15) is 14.0 Å². The summed E-state index contributed by atoms with van der Waals surface area (Å²) in [5.41, 5.74) is 6.29. The smallest absolute Gasteiger partial charge is 0.141 e. The molecule has 1 aromatic heterocycles. The van der Waals surface area contributed by atoms with Crippen LogP contribution in [0.4, 0.5) is 14.5 Å². The molecule has 0 amide bonds. The van der Waals surface area contributed by atoms with Crippen molar-refractivity contribution in [3.63, 3.8) is 0 Å². The summed E-state index contributed by atoms with van der Waals surface area (Å²) in [5, 5.41) is 18.0. The number of fused-ring (bicyclic) bond motifs is 1. The zero-order chi connectivity index (χ0) is 29.8. The second kappa shape index (κ2) is 12.5. The Balaban J connectivity index is 1.60. The van der Waals surface area contributed by atoms with Crippen LogP contribution >= 0.6 is 0 Å². The van der Waals surface area contributed by atoms with Crippen molar-refractivity contribution in [2.24, 2.45) is 10.2 Å². The van der Waals surface area contributed by atoms with Gasteiger partial charge in [0.2, 0.25) is 0 Å². The molecule has 1 atom stereocenters. The maximum atomic E-state index is 14.0. The molecule has 0 aliphatic carbocycles. The number of benzene rings is 2. The Kier molecular flexibility index (Phi) is 8.55. The molecule has 5 rings (SSSR count). The SMILES string of the molecule is C=N/N=C(\CCC)C1CN(C2=CC(=C)N(C)c3ccc(C#N)nc32)CCN1C(c1ccc(F)cc1)c1ccc(F)cc1. The van der Waals surface area contributed by atoms with Crippen LogP contribution < -0.4 is 4.90 Å². The molecule has 7 nitrogen and oxygen atoms in total. The van der Waals surface area contributed by atoms with Crippen molar-refractivity contribution >= 4 is 23.8 Å².